The summed E-state index contributed by atoms with van der Waals surface area (Å²) in [6, 6.07) is 22.2. The van der Waals surface area contributed by atoms with E-state index in [0.717, 1.165) is 21.4 Å². The van der Waals surface area contributed by atoms with Crippen molar-refractivity contribution in [3.8, 4) is 11.5 Å². The highest BCUT2D eigenvalue weighted by molar-refractivity contribution is 7.21. The molecule has 0 saturated heterocycles. The number of para-hydroxylation sites is 1. The van der Waals surface area contributed by atoms with Crippen molar-refractivity contribution in [2.24, 2.45) is 5.10 Å². The lowest BCUT2D eigenvalue weighted by molar-refractivity contribution is 0.0959. The Bertz CT molecular complexity index is 1210. The highest BCUT2D eigenvalue weighted by Gasteiger charge is 2.17. The molecule has 0 saturated carbocycles. The van der Waals surface area contributed by atoms with E-state index in [1.165, 1.54) is 11.3 Å². The summed E-state index contributed by atoms with van der Waals surface area (Å²) < 4.78 is 6.69. The number of benzene rings is 3. The lowest BCUT2D eigenvalue weighted by Crippen LogP contribution is -2.16. The number of hydrogen-bond acceptors (Lipinski definition) is 4. The number of hydrazone groups is 1. The van der Waals surface area contributed by atoms with E-state index < -0.39 is 0 Å². The van der Waals surface area contributed by atoms with Crippen molar-refractivity contribution in [2.45, 2.75) is 0 Å². The second-order valence-electron chi connectivity index (χ2n) is 6.07. The van der Waals surface area contributed by atoms with Crippen LogP contribution in [0, 0.1) is 0 Å². The first-order valence-electron chi connectivity index (χ1n) is 8.64. The molecule has 7 heteroatoms. The van der Waals surface area contributed by atoms with Crippen LogP contribution < -0.4 is 10.2 Å². The number of rotatable bonds is 5. The first-order chi connectivity index (χ1) is 14.1. The van der Waals surface area contributed by atoms with Crippen molar-refractivity contribution < 1.29 is 9.53 Å². The molecule has 144 valence electrons. The molecule has 1 amide bonds. The van der Waals surface area contributed by atoms with Crippen LogP contribution in [0.1, 0.15) is 15.2 Å². The van der Waals surface area contributed by atoms with Gasteiger partial charge in [-0.15, -0.1) is 11.3 Å². The topological polar surface area (TPSA) is 50.7 Å². The van der Waals surface area contributed by atoms with Gasteiger partial charge in [0.05, 0.1) is 11.2 Å². The zero-order chi connectivity index (χ0) is 20.2. The summed E-state index contributed by atoms with van der Waals surface area (Å²) in [5.74, 6) is 1.05. The van der Waals surface area contributed by atoms with E-state index in [-0.39, 0.29) is 5.91 Å². The van der Waals surface area contributed by atoms with Crippen molar-refractivity contribution in [3.63, 3.8) is 0 Å². The van der Waals surface area contributed by atoms with Gasteiger partial charge in [0.1, 0.15) is 16.4 Å². The minimum absolute atomic E-state index is 0.374. The predicted molar refractivity (Wildman–Crippen MR) is 120 cm³/mol. The van der Waals surface area contributed by atoms with Gasteiger partial charge in [0.25, 0.3) is 5.91 Å². The molecule has 1 heterocycles. The highest BCUT2D eigenvalue weighted by atomic mass is 35.5. The summed E-state index contributed by atoms with van der Waals surface area (Å²) in [4.78, 5) is 12.9. The number of nitrogens with one attached hydrogen (secondary N) is 1. The van der Waals surface area contributed by atoms with Crippen LogP contribution in [-0.2, 0) is 0 Å². The van der Waals surface area contributed by atoms with Crippen molar-refractivity contribution >= 4 is 56.7 Å². The highest BCUT2D eigenvalue weighted by Crippen LogP contribution is 2.36. The number of nitrogens with zero attached hydrogens (tertiary/aromatic N) is 1. The molecule has 0 aliphatic carbocycles. The van der Waals surface area contributed by atoms with Gasteiger partial charge in [0.2, 0.25) is 0 Å². The fourth-order valence-corrected chi connectivity index (χ4v) is 4.24. The average molecular weight is 441 g/mol. The van der Waals surface area contributed by atoms with Gasteiger partial charge in [0.15, 0.2) is 0 Å². The number of carbonyl (C=O) groups is 1. The van der Waals surface area contributed by atoms with Gasteiger partial charge < -0.3 is 4.74 Å². The van der Waals surface area contributed by atoms with Gasteiger partial charge in [-0.1, -0.05) is 53.5 Å². The van der Waals surface area contributed by atoms with Crippen LogP contribution >= 0.6 is 34.5 Å². The molecule has 0 bridgehead atoms. The van der Waals surface area contributed by atoms with Gasteiger partial charge in [-0.05, 0) is 48.0 Å². The number of thiophene rings is 1. The van der Waals surface area contributed by atoms with Gasteiger partial charge in [-0.2, -0.15) is 5.10 Å². The molecule has 1 aromatic heterocycles. The Morgan fingerprint density at radius 1 is 0.966 bits per heavy atom. The van der Waals surface area contributed by atoms with Gasteiger partial charge >= 0.3 is 0 Å². The van der Waals surface area contributed by atoms with Gasteiger partial charge in [-0.3, -0.25) is 4.79 Å². The summed E-state index contributed by atoms with van der Waals surface area (Å²) in [7, 11) is 0. The third-order valence-electron chi connectivity index (χ3n) is 4.01. The third kappa shape index (κ3) is 4.59. The summed E-state index contributed by atoms with van der Waals surface area (Å²) in [6.07, 6.45) is 1.55. The van der Waals surface area contributed by atoms with E-state index in [9.17, 15) is 4.79 Å². The zero-order valence-electron chi connectivity index (χ0n) is 14.9. The third-order valence-corrected chi connectivity index (χ3v) is 5.92. The molecule has 3 aromatic carbocycles. The lowest BCUT2D eigenvalue weighted by Gasteiger charge is -2.05. The predicted octanol–water partition coefficient (Wildman–Crippen LogP) is 6.76. The van der Waals surface area contributed by atoms with E-state index >= 15 is 0 Å². The van der Waals surface area contributed by atoms with Crippen molar-refractivity contribution in [1.29, 1.82) is 0 Å². The van der Waals surface area contributed by atoms with Crippen molar-refractivity contribution in [2.75, 3.05) is 0 Å². The number of halogens is 2. The number of hydrogen-bond donors (Lipinski definition) is 1. The van der Waals surface area contributed by atoms with E-state index in [2.05, 4.69) is 10.5 Å². The second kappa shape index (κ2) is 8.66. The number of carbonyl (C=O) groups excluding carboxylic acids is 1. The Morgan fingerprint density at radius 2 is 1.76 bits per heavy atom. The van der Waals surface area contributed by atoms with E-state index in [1.807, 2.05) is 60.7 Å². The minimum Gasteiger partial charge on any atom is -0.457 e. The summed E-state index contributed by atoms with van der Waals surface area (Å²) in [5.41, 5.74) is 3.30. The maximum Gasteiger partial charge on any atom is 0.283 e. The molecule has 0 spiro atoms. The van der Waals surface area contributed by atoms with Crippen LogP contribution in [0.15, 0.2) is 77.9 Å². The minimum atomic E-state index is -0.375. The Hall–Kier alpha value is -2.86. The Balaban J connectivity index is 1.46. The monoisotopic (exact) mass is 440 g/mol. The molecule has 4 aromatic rings. The van der Waals surface area contributed by atoms with Crippen LogP contribution in [0.2, 0.25) is 10.0 Å². The SMILES string of the molecule is O=C(N/N=C/c1cccc(Oc2ccccc2)c1)c1sc2ccc(Cl)cc2c1Cl. The molecule has 4 rings (SSSR count). The van der Waals surface area contributed by atoms with E-state index in [1.54, 1.807) is 18.3 Å². The van der Waals surface area contributed by atoms with Gasteiger partial charge in [0, 0.05) is 15.1 Å². The standard InChI is InChI=1S/C22H14Cl2N2O2S/c23-15-9-10-19-18(12-15)20(24)21(29-19)22(27)26-25-13-14-5-4-8-17(11-14)28-16-6-2-1-3-7-16/h1-13H,(H,26,27)/b25-13+. The molecule has 0 unspecified atom stereocenters. The molecule has 0 aliphatic rings. The number of amides is 1. The van der Waals surface area contributed by atoms with Crippen LogP contribution in [0.3, 0.4) is 0 Å². The Morgan fingerprint density at radius 3 is 2.59 bits per heavy atom. The quantitative estimate of drug-likeness (QED) is 0.275. The van der Waals surface area contributed by atoms with Gasteiger partial charge in [-0.25, -0.2) is 5.43 Å². The Labute approximate surface area is 181 Å². The largest absolute Gasteiger partial charge is 0.457 e. The van der Waals surface area contributed by atoms with Crippen LogP contribution in [0.25, 0.3) is 10.1 Å². The molecule has 29 heavy (non-hydrogen) atoms. The van der Waals surface area contributed by atoms with Crippen LogP contribution in [-0.4, -0.2) is 12.1 Å². The smallest absolute Gasteiger partial charge is 0.283 e. The zero-order valence-corrected chi connectivity index (χ0v) is 17.3. The summed E-state index contributed by atoms with van der Waals surface area (Å²) in [5, 5.41) is 5.73. The fraction of sp³-hybridized carbons (Fsp3) is 0. The molecule has 4 nitrogen and oxygen atoms in total. The summed E-state index contributed by atoms with van der Waals surface area (Å²) in [6.45, 7) is 0. The molecule has 1 N–H and O–H groups in total. The average Bonchev–Trinajstić information content (AvgIpc) is 3.05. The van der Waals surface area contributed by atoms with Crippen LogP contribution in [0.5, 0.6) is 11.5 Å². The maximum absolute atomic E-state index is 12.5. The summed E-state index contributed by atoms with van der Waals surface area (Å²) >= 11 is 13.6. The molecular weight excluding hydrogens is 427 g/mol. The fourth-order valence-electron chi connectivity index (χ4n) is 2.68. The van der Waals surface area contributed by atoms with Crippen molar-refractivity contribution in [1.82, 2.24) is 5.43 Å². The number of ether oxygens (including phenoxy) is 1. The first kappa shape index (κ1) is 19.5. The normalized spacial score (nSPS) is 11.1. The molecule has 0 fully saturated rings. The van der Waals surface area contributed by atoms with E-state index in [4.69, 9.17) is 27.9 Å². The van der Waals surface area contributed by atoms with Crippen LogP contribution in [0.4, 0.5) is 0 Å². The molecule has 0 atom stereocenters. The van der Waals surface area contributed by atoms with E-state index in [0.29, 0.717) is 20.7 Å². The molecule has 0 aliphatic heterocycles. The first-order valence-corrected chi connectivity index (χ1v) is 10.2. The maximum atomic E-state index is 12.5. The second-order valence-corrected chi connectivity index (χ2v) is 7.94. The Kier molecular flexibility index (Phi) is 5.81. The lowest BCUT2D eigenvalue weighted by atomic mass is 10.2. The molecular formula is C22H14Cl2N2O2S. The number of fused-ring (bicyclic) bond motifs is 1. The van der Waals surface area contributed by atoms with Crippen molar-refractivity contribution in [3.05, 3.63) is 93.3 Å². The molecule has 0 radical (unpaired) electrons.